The molecule has 0 aromatic heterocycles. The number of rotatable bonds is 5. The normalized spacial score (nSPS) is 14.9. The molecule has 2 N–H and O–H groups in total. The van der Waals surface area contributed by atoms with Gasteiger partial charge in [-0.25, -0.2) is 4.79 Å². The number of alkyl halides is 3. The van der Waals surface area contributed by atoms with Gasteiger partial charge in [-0.05, 0) is 49.7 Å². The van der Waals surface area contributed by atoms with Crippen LogP contribution < -0.4 is 10.6 Å². The third kappa shape index (κ3) is 4.95. The first-order valence-electron chi connectivity index (χ1n) is 7.35. The van der Waals surface area contributed by atoms with Crippen molar-refractivity contribution in [2.75, 3.05) is 13.2 Å². The molecule has 0 unspecified atom stereocenters. The lowest BCUT2D eigenvalue weighted by Crippen LogP contribution is -2.42. The first-order chi connectivity index (χ1) is 11.3. The second-order valence-corrected chi connectivity index (χ2v) is 5.75. The Hall–Kier alpha value is -2.09. The molecule has 0 saturated carbocycles. The van der Waals surface area contributed by atoms with Crippen molar-refractivity contribution in [3.63, 3.8) is 0 Å². The molecule has 0 spiro atoms. The van der Waals surface area contributed by atoms with Crippen LogP contribution in [-0.4, -0.2) is 24.2 Å². The van der Waals surface area contributed by atoms with Gasteiger partial charge in [0.25, 0.3) is 0 Å². The molecule has 8 heteroatoms. The second-order valence-electron chi connectivity index (χ2n) is 5.35. The summed E-state index contributed by atoms with van der Waals surface area (Å²) >= 11 is 4.94. The Kier molecular flexibility index (Phi) is 5.82. The number of benzene rings is 1. The number of allylic oxidation sites excluding steroid dienone is 1. The maximum Gasteiger partial charge on any atom is 0.416 e. The van der Waals surface area contributed by atoms with Crippen molar-refractivity contribution in [1.29, 1.82) is 0 Å². The number of hydrogen-bond donors (Lipinski definition) is 2. The van der Waals surface area contributed by atoms with E-state index in [0.717, 1.165) is 17.7 Å². The van der Waals surface area contributed by atoms with E-state index in [0.29, 0.717) is 35.8 Å². The first kappa shape index (κ1) is 18.3. The summed E-state index contributed by atoms with van der Waals surface area (Å²) in [6, 6.07) is 4.98. The van der Waals surface area contributed by atoms with Crippen LogP contribution in [0.3, 0.4) is 0 Å². The zero-order chi connectivity index (χ0) is 17.7. The fraction of sp³-hybridized carbons (Fsp3) is 0.375. The molecule has 0 atom stereocenters. The van der Waals surface area contributed by atoms with Crippen LogP contribution in [0.15, 0.2) is 35.5 Å². The molecular weight excluding hydrogens is 341 g/mol. The van der Waals surface area contributed by atoms with Crippen molar-refractivity contribution < 1.29 is 22.7 Å². The van der Waals surface area contributed by atoms with E-state index in [1.54, 1.807) is 6.92 Å². The molecule has 0 fully saturated rings. The molecule has 1 aromatic carbocycles. The molecular formula is C16H17F3N2O2S. The largest absolute Gasteiger partial charge is 0.462 e. The number of nitrogens with one attached hydrogen (secondary N) is 2. The molecule has 1 aromatic rings. The molecule has 1 aliphatic rings. The van der Waals surface area contributed by atoms with Crippen molar-refractivity contribution in [1.82, 2.24) is 10.6 Å². The van der Waals surface area contributed by atoms with E-state index >= 15 is 0 Å². The lowest BCUT2D eigenvalue weighted by molar-refractivity contribution is -0.139. The zero-order valence-electron chi connectivity index (χ0n) is 13.0. The predicted molar refractivity (Wildman–Crippen MR) is 87.2 cm³/mol. The van der Waals surface area contributed by atoms with Crippen LogP contribution >= 0.6 is 12.2 Å². The monoisotopic (exact) mass is 358 g/mol. The first-order valence-corrected chi connectivity index (χ1v) is 7.76. The predicted octanol–water partition coefficient (Wildman–Crippen LogP) is 2.93. The topological polar surface area (TPSA) is 50.4 Å². The lowest BCUT2D eigenvalue weighted by atomic mass is 10.1. The van der Waals surface area contributed by atoms with Gasteiger partial charge < -0.3 is 15.4 Å². The van der Waals surface area contributed by atoms with E-state index in [1.807, 2.05) is 0 Å². The van der Waals surface area contributed by atoms with Gasteiger partial charge in [0.05, 0.1) is 24.3 Å². The summed E-state index contributed by atoms with van der Waals surface area (Å²) in [5.74, 6) is -0.428. The number of thiocarbonyl (C=S) groups is 1. The fourth-order valence-corrected chi connectivity index (χ4v) is 2.43. The Morgan fingerprint density at radius 3 is 2.54 bits per heavy atom. The Bertz CT molecular complexity index is 654. The number of aryl methyl sites for hydroxylation is 1. The maximum absolute atomic E-state index is 12.5. The molecule has 0 aliphatic carbocycles. The minimum absolute atomic E-state index is 0.196. The molecule has 4 nitrogen and oxygen atoms in total. The van der Waals surface area contributed by atoms with Crippen molar-refractivity contribution in [2.24, 2.45) is 0 Å². The molecule has 24 heavy (non-hydrogen) atoms. The molecule has 2 rings (SSSR count). The van der Waals surface area contributed by atoms with E-state index in [4.69, 9.17) is 17.0 Å². The highest BCUT2D eigenvalue weighted by Gasteiger charge is 2.29. The summed E-state index contributed by atoms with van der Waals surface area (Å²) < 4.78 is 42.6. The maximum atomic E-state index is 12.5. The third-order valence-corrected chi connectivity index (χ3v) is 3.80. The number of esters is 1. The molecule has 1 aliphatic heterocycles. The van der Waals surface area contributed by atoms with Crippen LogP contribution in [0.1, 0.15) is 24.5 Å². The van der Waals surface area contributed by atoms with Gasteiger partial charge in [-0.2, -0.15) is 13.2 Å². The summed E-state index contributed by atoms with van der Waals surface area (Å²) in [5.41, 5.74) is 1.24. The summed E-state index contributed by atoms with van der Waals surface area (Å²) in [7, 11) is 0. The van der Waals surface area contributed by atoms with Crippen LogP contribution in [0, 0.1) is 0 Å². The van der Waals surface area contributed by atoms with E-state index in [9.17, 15) is 18.0 Å². The van der Waals surface area contributed by atoms with E-state index in [1.165, 1.54) is 12.1 Å². The zero-order valence-corrected chi connectivity index (χ0v) is 13.8. The molecule has 1 heterocycles. The molecule has 0 radical (unpaired) electrons. The quantitative estimate of drug-likeness (QED) is 0.482. The SMILES string of the molecule is CC1=C(C(=O)OCCCc2ccc(C(F)(F)F)cc2)CNC(=S)N1. The number of carbonyl (C=O) groups is 1. The van der Waals surface area contributed by atoms with Crippen LogP contribution in [0.2, 0.25) is 0 Å². The Morgan fingerprint density at radius 1 is 1.29 bits per heavy atom. The Balaban J connectivity index is 1.78. The summed E-state index contributed by atoms with van der Waals surface area (Å²) in [6.07, 6.45) is -3.27. The highest BCUT2D eigenvalue weighted by atomic mass is 32.1. The van der Waals surface area contributed by atoms with Crippen LogP contribution in [0.25, 0.3) is 0 Å². The van der Waals surface area contributed by atoms with Crippen molar-refractivity contribution >= 4 is 23.3 Å². The van der Waals surface area contributed by atoms with Crippen molar-refractivity contribution in [3.8, 4) is 0 Å². The molecule has 0 saturated heterocycles. The number of ether oxygens (including phenoxy) is 1. The number of hydrogen-bond acceptors (Lipinski definition) is 3. The van der Waals surface area contributed by atoms with E-state index in [2.05, 4.69) is 10.6 Å². The number of carbonyl (C=O) groups excluding carboxylic acids is 1. The smallest absolute Gasteiger partial charge is 0.416 e. The van der Waals surface area contributed by atoms with E-state index < -0.39 is 17.7 Å². The molecule has 0 bridgehead atoms. The molecule has 130 valence electrons. The lowest BCUT2D eigenvalue weighted by Gasteiger charge is -2.20. The Labute approximate surface area is 143 Å². The van der Waals surface area contributed by atoms with Gasteiger partial charge >= 0.3 is 12.1 Å². The van der Waals surface area contributed by atoms with Gasteiger partial charge in [-0.3, -0.25) is 0 Å². The van der Waals surface area contributed by atoms with Crippen molar-refractivity contribution in [3.05, 3.63) is 46.7 Å². The third-order valence-electron chi connectivity index (χ3n) is 3.55. The van der Waals surface area contributed by atoms with Gasteiger partial charge in [-0.1, -0.05) is 12.1 Å². The minimum atomic E-state index is -4.33. The second kappa shape index (κ2) is 7.65. The van der Waals surface area contributed by atoms with Crippen LogP contribution in [0.4, 0.5) is 13.2 Å². The summed E-state index contributed by atoms with van der Waals surface area (Å²) in [5, 5.41) is 6.16. The highest BCUT2D eigenvalue weighted by molar-refractivity contribution is 7.80. The number of halogens is 3. The average Bonchev–Trinajstić information content (AvgIpc) is 2.51. The van der Waals surface area contributed by atoms with Gasteiger partial charge in [0, 0.05) is 5.70 Å². The van der Waals surface area contributed by atoms with Gasteiger partial charge in [0.15, 0.2) is 5.11 Å². The average molecular weight is 358 g/mol. The van der Waals surface area contributed by atoms with Gasteiger partial charge in [0.1, 0.15) is 0 Å². The Morgan fingerprint density at radius 2 is 1.96 bits per heavy atom. The summed E-state index contributed by atoms with van der Waals surface area (Å²) in [6.45, 7) is 2.25. The van der Waals surface area contributed by atoms with E-state index in [-0.39, 0.29) is 6.61 Å². The molecule has 0 amide bonds. The fourth-order valence-electron chi connectivity index (χ4n) is 2.21. The van der Waals surface area contributed by atoms with Crippen LogP contribution in [-0.2, 0) is 22.1 Å². The van der Waals surface area contributed by atoms with Crippen LogP contribution in [0.5, 0.6) is 0 Å². The highest BCUT2D eigenvalue weighted by Crippen LogP contribution is 2.29. The van der Waals surface area contributed by atoms with Gasteiger partial charge in [-0.15, -0.1) is 0 Å². The standard InChI is InChI=1S/C16H17F3N2O2S/c1-10-13(9-20-15(24)21-10)14(22)23-8-2-3-11-4-6-12(7-5-11)16(17,18)19/h4-7H,2-3,8-9H2,1H3,(H2,20,21,24). The van der Waals surface area contributed by atoms with Crippen molar-refractivity contribution in [2.45, 2.75) is 25.9 Å². The minimum Gasteiger partial charge on any atom is -0.462 e. The summed E-state index contributed by atoms with van der Waals surface area (Å²) in [4.78, 5) is 12.0. The van der Waals surface area contributed by atoms with Gasteiger partial charge in [0.2, 0.25) is 0 Å².